The lowest BCUT2D eigenvalue weighted by atomic mass is 10.1. The number of benzene rings is 1. The normalized spacial score (nSPS) is 8.69. The van der Waals surface area contributed by atoms with E-state index in [2.05, 4.69) is 0 Å². The molecule has 0 aromatic heterocycles. The summed E-state index contributed by atoms with van der Waals surface area (Å²) in [6, 6.07) is 3.60. The van der Waals surface area contributed by atoms with Crippen LogP contribution in [0.2, 0.25) is 5.02 Å². The quantitative estimate of drug-likeness (QED) is 0.628. The Balaban J connectivity index is 0.000000671. The van der Waals surface area contributed by atoms with Gasteiger partial charge in [-0.2, -0.15) is 0 Å². The molecule has 0 aliphatic carbocycles. The van der Waals surface area contributed by atoms with E-state index < -0.39 is 0 Å². The molecule has 0 bridgehead atoms. The van der Waals surface area contributed by atoms with Crippen molar-refractivity contribution in [3.05, 3.63) is 33.8 Å². The number of hydrogen-bond donors (Lipinski definition) is 0. The predicted molar refractivity (Wildman–Crippen MR) is 57.7 cm³/mol. The Morgan fingerprint density at radius 2 is 1.62 bits per heavy atom. The Morgan fingerprint density at radius 3 is 2.08 bits per heavy atom. The molecule has 0 atom stereocenters. The molecule has 0 saturated carbocycles. The van der Waals surface area contributed by atoms with Gasteiger partial charge in [0.25, 0.3) is 0 Å². The third kappa shape index (κ3) is 3.19. The summed E-state index contributed by atoms with van der Waals surface area (Å²) in [6.45, 7) is 7.93. The summed E-state index contributed by atoms with van der Waals surface area (Å²) < 4.78 is 0. The molecule has 1 nitrogen and oxygen atoms in total. The van der Waals surface area contributed by atoms with Crippen molar-refractivity contribution >= 4 is 17.9 Å². The Labute approximate surface area is 84.7 Å². The number of aryl methyl sites for hydroxylation is 2. The van der Waals surface area contributed by atoms with Gasteiger partial charge in [-0.25, -0.2) is 0 Å². The highest BCUT2D eigenvalue weighted by molar-refractivity contribution is 6.33. The van der Waals surface area contributed by atoms with Crippen LogP contribution in [-0.2, 0) is 0 Å². The highest BCUT2D eigenvalue weighted by Crippen LogP contribution is 2.18. The fraction of sp³-hybridized carbons (Fsp3) is 0.364. The zero-order valence-corrected chi connectivity index (χ0v) is 9.27. The first-order valence-electron chi connectivity index (χ1n) is 4.37. The van der Waals surface area contributed by atoms with E-state index in [1.54, 1.807) is 12.1 Å². The third-order valence-corrected chi connectivity index (χ3v) is 2.07. The number of hydrogen-bond acceptors (Lipinski definition) is 1. The summed E-state index contributed by atoms with van der Waals surface area (Å²) in [6.07, 6.45) is 0.773. The summed E-state index contributed by atoms with van der Waals surface area (Å²) in [5, 5.41) is 0.531. The van der Waals surface area contributed by atoms with E-state index >= 15 is 0 Å². The molecule has 72 valence electrons. The minimum absolute atomic E-state index is 0.531. The first-order valence-corrected chi connectivity index (χ1v) is 4.75. The van der Waals surface area contributed by atoms with Gasteiger partial charge in [-0.3, -0.25) is 4.79 Å². The monoisotopic (exact) mass is 198 g/mol. The Hall–Kier alpha value is -0.820. The van der Waals surface area contributed by atoms with Crippen molar-refractivity contribution in [3.8, 4) is 0 Å². The molecule has 0 radical (unpaired) electrons. The molecule has 13 heavy (non-hydrogen) atoms. The van der Waals surface area contributed by atoms with Crippen LogP contribution in [0.25, 0.3) is 0 Å². The number of rotatable bonds is 1. The largest absolute Gasteiger partial charge is 0.298 e. The lowest BCUT2D eigenvalue weighted by molar-refractivity contribution is 0.112. The maximum atomic E-state index is 10.4. The second-order valence-electron chi connectivity index (χ2n) is 2.58. The van der Waals surface area contributed by atoms with Crippen LogP contribution in [0.5, 0.6) is 0 Å². The van der Waals surface area contributed by atoms with Crippen LogP contribution in [0, 0.1) is 13.8 Å². The van der Waals surface area contributed by atoms with E-state index in [4.69, 9.17) is 11.6 Å². The van der Waals surface area contributed by atoms with E-state index in [1.807, 2.05) is 27.7 Å². The molecule has 0 fully saturated rings. The summed E-state index contributed by atoms with van der Waals surface area (Å²) in [4.78, 5) is 10.4. The van der Waals surface area contributed by atoms with Crippen molar-refractivity contribution in [3.63, 3.8) is 0 Å². The Kier molecular flexibility index (Phi) is 5.40. The molecule has 1 rings (SSSR count). The van der Waals surface area contributed by atoms with Crippen LogP contribution in [0.3, 0.4) is 0 Å². The molecule has 1 aromatic rings. The first kappa shape index (κ1) is 12.2. The van der Waals surface area contributed by atoms with Crippen LogP contribution >= 0.6 is 11.6 Å². The van der Waals surface area contributed by atoms with Crippen molar-refractivity contribution in [1.29, 1.82) is 0 Å². The van der Waals surface area contributed by atoms with Crippen LogP contribution in [-0.4, -0.2) is 6.29 Å². The Morgan fingerprint density at radius 1 is 1.15 bits per heavy atom. The van der Waals surface area contributed by atoms with Crippen LogP contribution in [0.4, 0.5) is 0 Å². The smallest absolute Gasteiger partial charge is 0.151 e. The molecule has 2 heteroatoms. The molecule has 0 saturated heterocycles. The van der Waals surface area contributed by atoms with E-state index in [9.17, 15) is 4.79 Å². The lowest BCUT2D eigenvalue weighted by Crippen LogP contribution is -1.87. The minimum atomic E-state index is 0.531. The lowest BCUT2D eigenvalue weighted by Gasteiger charge is -2.01. The van der Waals surface area contributed by atoms with Gasteiger partial charge < -0.3 is 0 Å². The van der Waals surface area contributed by atoms with E-state index in [-0.39, 0.29) is 0 Å². The van der Waals surface area contributed by atoms with E-state index in [0.717, 1.165) is 17.4 Å². The average Bonchev–Trinajstić information content (AvgIpc) is 2.15. The van der Waals surface area contributed by atoms with Crippen LogP contribution in [0.15, 0.2) is 12.1 Å². The molecule has 0 amide bonds. The molecule has 0 unspecified atom stereocenters. The van der Waals surface area contributed by atoms with Crippen LogP contribution < -0.4 is 0 Å². The minimum Gasteiger partial charge on any atom is -0.298 e. The van der Waals surface area contributed by atoms with Crippen molar-refractivity contribution in [2.75, 3.05) is 0 Å². The number of carbonyl (C=O) groups is 1. The fourth-order valence-corrected chi connectivity index (χ4v) is 1.16. The zero-order valence-electron chi connectivity index (χ0n) is 8.52. The molecule has 0 aliphatic rings. The van der Waals surface area contributed by atoms with E-state index in [0.29, 0.717) is 10.6 Å². The third-order valence-electron chi connectivity index (χ3n) is 1.74. The summed E-state index contributed by atoms with van der Waals surface area (Å²) in [5.41, 5.74) is 2.77. The van der Waals surface area contributed by atoms with E-state index in [1.165, 1.54) is 0 Å². The number of carbonyl (C=O) groups excluding carboxylic acids is 1. The van der Waals surface area contributed by atoms with Crippen molar-refractivity contribution in [1.82, 2.24) is 0 Å². The van der Waals surface area contributed by atoms with Gasteiger partial charge in [0.05, 0.1) is 5.02 Å². The van der Waals surface area contributed by atoms with Crippen molar-refractivity contribution < 1.29 is 4.79 Å². The van der Waals surface area contributed by atoms with Gasteiger partial charge in [-0.05, 0) is 37.1 Å². The highest BCUT2D eigenvalue weighted by Gasteiger charge is 2.00. The molecule has 1 aromatic carbocycles. The number of aldehydes is 1. The average molecular weight is 199 g/mol. The number of halogens is 1. The molecule has 0 spiro atoms. The van der Waals surface area contributed by atoms with Crippen LogP contribution in [0.1, 0.15) is 35.3 Å². The van der Waals surface area contributed by atoms with Gasteiger partial charge >= 0.3 is 0 Å². The first-order chi connectivity index (χ1) is 6.15. The van der Waals surface area contributed by atoms with Gasteiger partial charge in [0.2, 0.25) is 0 Å². The molecule has 0 aliphatic heterocycles. The zero-order chi connectivity index (χ0) is 10.4. The Bertz CT molecular complexity index is 292. The summed E-state index contributed by atoms with van der Waals surface area (Å²) in [5.74, 6) is 0. The van der Waals surface area contributed by atoms with Crippen molar-refractivity contribution in [2.45, 2.75) is 27.7 Å². The highest BCUT2D eigenvalue weighted by atomic mass is 35.5. The van der Waals surface area contributed by atoms with Gasteiger partial charge in [0.1, 0.15) is 0 Å². The topological polar surface area (TPSA) is 17.1 Å². The summed E-state index contributed by atoms with van der Waals surface area (Å²) >= 11 is 5.77. The molecular formula is C11H15ClO. The maximum Gasteiger partial charge on any atom is 0.151 e. The predicted octanol–water partition coefficient (Wildman–Crippen LogP) is 3.80. The van der Waals surface area contributed by atoms with Gasteiger partial charge in [0, 0.05) is 5.56 Å². The van der Waals surface area contributed by atoms with Gasteiger partial charge in [0.15, 0.2) is 6.29 Å². The molecular weight excluding hydrogens is 184 g/mol. The summed E-state index contributed by atoms with van der Waals surface area (Å²) in [7, 11) is 0. The molecule has 0 heterocycles. The van der Waals surface area contributed by atoms with Gasteiger partial charge in [-0.1, -0.05) is 25.4 Å². The second-order valence-corrected chi connectivity index (χ2v) is 2.98. The second kappa shape index (κ2) is 5.76. The van der Waals surface area contributed by atoms with Crippen molar-refractivity contribution in [2.24, 2.45) is 0 Å². The maximum absolute atomic E-state index is 10.4. The fourth-order valence-electron chi connectivity index (χ4n) is 0.894. The SMILES string of the molecule is CC.Cc1cc(Cl)c(C=O)cc1C. The standard InChI is InChI=1S/C9H9ClO.C2H6/c1-6-3-8(5-11)9(10)4-7(6)2;1-2/h3-5H,1-2H3;1-2H3. The molecule has 0 N–H and O–H groups in total. The van der Waals surface area contributed by atoms with Gasteiger partial charge in [-0.15, -0.1) is 0 Å².